The molecule has 0 fully saturated rings. The lowest BCUT2D eigenvalue weighted by Gasteiger charge is -2.23. The first kappa shape index (κ1) is 13.4. The van der Waals surface area contributed by atoms with Crippen molar-refractivity contribution in [2.75, 3.05) is 6.54 Å². The zero-order chi connectivity index (χ0) is 13.0. The summed E-state index contributed by atoms with van der Waals surface area (Å²) in [4.78, 5) is 12.0. The van der Waals surface area contributed by atoms with Gasteiger partial charge in [0.15, 0.2) is 0 Å². The van der Waals surface area contributed by atoms with Gasteiger partial charge in [0.2, 0.25) is 5.91 Å². The molecule has 1 aromatic rings. The van der Waals surface area contributed by atoms with Crippen LogP contribution in [0, 0.1) is 5.92 Å². The van der Waals surface area contributed by atoms with Gasteiger partial charge in [-0.2, -0.15) is 0 Å². The first-order valence-corrected chi connectivity index (χ1v) is 7.09. The Morgan fingerprint density at radius 1 is 1.44 bits per heavy atom. The van der Waals surface area contributed by atoms with Crippen LogP contribution >= 0.6 is 11.6 Å². The van der Waals surface area contributed by atoms with E-state index in [1.807, 2.05) is 13.0 Å². The van der Waals surface area contributed by atoms with E-state index in [4.69, 9.17) is 11.6 Å². The van der Waals surface area contributed by atoms with Crippen LogP contribution in [0.2, 0.25) is 0 Å². The zero-order valence-electron chi connectivity index (χ0n) is 10.8. The summed E-state index contributed by atoms with van der Waals surface area (Å²) in [7, 11) is 0. The van der Waals surface area contributed by atoms with Crippen molar-refractivity contribution in [1.29, 1.82) is 0 Å². The summed E-state index contributed by atoms with van der Waals surface area (Å²) in [6.07, 6.45) is 3.68. The number of amides is 1. The van der Waals surface area contributed by atoms with Gasteiger partial charge in [-0.15, -0.1) is 11.6 Å². The molecule has 0 radical (unpaired) electrons. The van der Waals surface area contributed by atoms with Gasteiger partial charge >= 0.3 is 0 Å². The Bertz CT molecular complexity index is 417. The van der Waals surface area contributed by atoms with Crippen molar-refractivity contribution in [2.24, 2.45) is 5.92 Å². The molecule has 0 saturated heterocycles. The second-order valence-corrected chi connectivity index (χ2v) is 5.81. The standard InChI is InChI=1S/C15H20ClNO/c1-11(16)8-9-17-15(18)14-7-6-12-4-2-3-5-13(12)10-14/h2-5,11,14H,6-10H2,1H3,(H,17,18). The van der Waals surface area contributed by atoms with E-state index < -0.39 is 0 Å². The third-order valence-electron chi connectivity index (χ3n) is 3.56. The third-order valence-corrected chi connectivity index (χ3v) is 3.78. The smallest absolute Gasteiger partial charge is 0.223 e. The molecule has 1 N–H and O–H groups in total. The average molecular weight is 266 g/mol. The normalized spacial score (nSPS) is 20.0. The summed E-state index contributed by atoms with van der Waals surface area (Å²) in [5, 5.41) is 3.11. The molecular weight excluding hydrogens is 246 g/mol. The molecule has 0 aliphatic heterocycles. The van der Waals surface area contributed by atoms with Crippen LogP contribution in [0.25, 0.3) is 0 Å². The number of aryl methyl sites for hydroxylation is 1. The van der Waals surface area contributed by atoms with Crippen LogP contribution in [0.4, 0.5) is 0 Å². The molecule has 0 saturated carbocycles. The van der Waals surface area contributed by atoms with E-state index in [-0.39, 0.29) is 17.2 Å². The predicted molar refractivity (Wildman–Crippen MR) is 74.9 cm³/mol. The largest absolute Gasteiger partial charge is 0.356 e. The molecule has 18 heavy (non-hydrogen) atoms. The monoisotopic (exact) mass is 265 g/mol. The van der Waals surface area contributed by atoms with Crippen LogP contribution in [0.1, 0.15) is 30.9 Å². The van der Waals surface area contributed by atoms with Gasteiger partial charge in [-0.05, 0) is 43.7 Å². The van der Waals surface area contributed by atoms with Gasteiger partial charge in [0.1, 0.15) is 0 Å². The van der Waals surface area contributed by atoms with Crippen molar-refractivity contribution >= 4 is 17.5 Å². The number of hydrogen-bond donors (Lipinski definition) is 1. The van der Waals surface area contributed by atoms with Crippen LogP contribution in [-0.4, -0.2) is 17.8 Å². The Kier molecular flexibility index (Phi) is 4.65. The van der Waals surface area contributed by atoms with E-state index in [1.165, 1.54) is 11.1 Å². The van der Waals surface area contributed by atoms with Gasteiger partial charge in [0, 0.05) is 17.8 Å². The SMILES string of the molecule is CC(Cl)CCNC(=O)C1CCc2ccccc2C1. The number of nitrogens with one attached hydrogen (secondary N) is 1. The van der Waals surface area contributed by atoms with Crippen LogP contribution in [0.3, 0.4) is 0 Å². The molecule has 1 amide bonds. The molecule has 0 aromatic heterocycles. The molecule has 2 atom stereocenters. The van der Waals surface area contributed by atoms with Crippen molar-refractivity contribution in [2.45, 2.75) is 38.0 Å². The Morgan fingerprint density at radius 2 is 2.17 bits per heavy atom. The van der Waals surface area contributed by atoms with Crippen LogP contribution in [0.15, 0.2) is 24.3 Å². The number of hydrogen-bond acceptors (Lipinski definition) is 1. The van der Waals surface area contributed by atoms with Gasteiger partial charge in [-0.1, -0.05) is 24.3 Å². The number of benzene rings is 1. The zero-order valence-corrected chi connectivity index (χ0v) is 11.5. The molecule has 1 aliphatic carbocycles. The first-order valence-electron chi connectivity index (χ1n) is 6.65. The fourth-order valence-electron chi connectivity index (χ4n) is 2.46. The van der Waals surface area contributed by atoms with Crippen LogP contribution in [0.5, 0.6) is 0 Å². The van der Waals surface area contributed by atoms with Gasteiger partial charge in [-0.3, -0.25) is 4.79 Å². The summed E-state index contributed by atoms with van der Waals surface area (Å²) in [5.74, 6) is 0.312. The minimum absolute atomic E-state index is 0.123. The Hall–Kier alpha value is -1.02. The van der Waals surface area contributed by atoms with Gasteiger partial charge in [-0.25, -0.2) is 0 Å². The highest BCUT2D eigenvalue weighted by Crippen LogP contribution is 2.25. The Balaban J connectivity index is 1.87. The van der Waals surface area contributed by atoms with E-state index in [9.17, 15) is 4.79 Å². The predicted octanol–water partition coefficient (Wildman–Crippen LogP) is 2.93. The van der Waals surface area contributed by atoms with Crippen molar-refractivity contribution in [3.63, 3.8) is 0 Å². The van der Waals surface area contributed by atoms with Gasteiger partial charge < -0.3 is 5.32 Å². The molecule has 2 rings (SSSR count). The molecule has 98 valence electrons. The van der Waals surface area contributed by atoms with E-state index in [0.717, 1.165) is 25.7 Å². The molecule has 1 aliphatic rings. The fraction of sp³-hybridized carbons (Fsp3) is 0.533. The van der Waals surface area contributed by atoms with Crippen molar-refractivity contribution in [3.05, 3.63) is 35.4 Å². The Labute approximate surface area is 114 Å². The summed E-state index contributed by atoms with van der Waals surface area (Å²) < 4.78 is 0. The molecule has 3 heteroatoms. The topological polar surface area (TPSA) is 29.1 Å². The molecular formula is C15H20ClNO. The number of carbonyl (C=O) groups excluding carboxylic acids is 1. The minimum atomic E-state index is 0.123. The van der Waals surface area contributed by atoms with E-state index in [1.54, 1.807) is 0 Å². The lowest BCUT2D eigenvalue weighted by molar-refractivity contribution is -0.125. The molecule has 2 nitrogen and oxygen atoms in total. The second-order valence-electron chi connectivity index (χ2n) is 5.07. The van der Waals surface area contributed by atoms with E-state index >= 15 is 0 Å². The van der Waals surface area contributed by atoms with Crippen molar-refractivity contribution in [1.82, 2.24) is 5.32 Å². The molecule has 0 bridgehead atoms. The lowest BCUT2D eigenvalue weighted by atomic mass is 9.83. The lowest BCUT2D eigenvalue weighted by Crippen LogP contribution is -2.35. The number of carbonyl (C=O) groups is 1. The molecule has 0 heterocycles. The molecule has 2 unspecified atom stereocenters. The average Bonchev–Trinajstić information content (AvgIpc) is 2.37. The quantitative estimate of drug-likeness (QED) is 0.834. The summed E-state index contributed by atoms with van der Waals surface area (Å²) in [6.45, 7) is 2.63. The molecule has 1 aromatic carbocycles. The highest BCUT2D eigenvalue weighted by Gasteiger charge is 2.23. The summed E-state index contributed by atoms with van der Waals surface area (Å²) >= 11 is 5.86. The van der Waals surface area contributed by atoms with E-state index in [0.29, 0.717) is 6.54 Å². The fourth-order valence-corrected chi connectivity index (χ4v) is 2.57. The maximum absolute atomic E-state index is 12.0. The van der Waals surface area contributed by atoms with Gasteiger partial charge in [0.25, 0.3) is 0 Å². The summed E-state index contributed by atoms with van der Waals surface area (Å²) in [5.41, 5.74) is 2.73. The maximum atomic E-state index is 12.0. The van der Waals surface area contributed by atoms with Gasteiger partial charge in [0.05, 0.1) is 0 Å². The van der Waals surface area contributed by atoms with Crippen molar-refractivity contribution < 1.29 is 4.79 Å². The minimum Gasteiger partial charge on any atom is -0.356 e. The highest BCUT2D eigenvalue weighted by atomic mass is 35.5. The second kappa shape index (κ2) is 6.24. The maximum Gasteiger partial charge on any atom is 0.223 e. The third kappa shape index (κ3) is 3.49. The number of fused-ring (bicyclic) bond motifs is 1. The first-order chi connectivity index (χ1) is 8.66. The Morgan fingerprint density at radius 3 is 2.89 bits per heavy atom. The van der Waals surface area contributed by atoms with Crippen LogP contribution < -0.4 is 5.32 Å². The highest BCUT2D eigenvalue weighted by molar-refractivity contribution is 6.20. The van der Waals surface area contributed by atoms with E-state index in [2.05, 4.69) is 23.5 Å². The number of rotatable bonds is 4. The summed E-state index contributed by atoms with van der Waals surface area (Å²) in [6, 6.07) is 8.42. The number of alkyl halides is 1. The molecule has 0 spiro atoms. The van der Waals surface area contributed by atoms with Crippen LogP contribution in [-0.2, 0) is 17.6 Å². The van der Waals surface area contributed by atoms with Crippen molar-refractivity contribution in [3.8, 4) is 0 Å². The number of halogens is 1.